The highest BCUT2D eigenvalue weighted by Crippen LogP contribution is 2.44. The first kappa shape index (κ1) is 10.0. The number of nitrogens with zero attached hydrogens (tertiary/aromatic N) is 1. The zero-order chi connectivity index (χ0) is 12.2. The summed E-state index contributed by atoms with van der Waals surface area (Å²) in [7, 11) is 0. The minimum Gasteiger partial charge on any atom is -0.395 e. The van der Waals surface area contributed by atoms with Gasteiger partial charge in [0.15, 0.2) is 11.5 Å². The van der Waals surface area contributed by atoms with Gasteiger partial charge in [-0.1, -0.05) is 0 Å². The van der Waals surface area contributed by atoms with E-state index < -0.39 is 11.9 Å². The summed E-state index contributed by atoms with van der Waals surface area (Å²) in [5.41, 5.74) is -0.338. The Labute approximate surface area is 93.0 Å². The topological polar surface area (TPSA) is 64.2 Å². The molecule has 1 aromatic heterocycles. The van der Waals surface area contributed by atoms with E-state index in [0.29, 0.717) is 5.82 Å². The van der Waals surface area contributed by atoms with E-state index in [-0.39, 0.29) is 22.4 Å². The number of aryl methyl sites for hydroxylation is 1. The van der Waals surface area contributed by atoms with Crippen LogP contribution < -0.4 is 15.0 Å². The van der Waals surface area contributed by atoms with Crippen molar-refractivity contribution in [2.45, 2.75) is 13.2 Å². The lowest BCUT2D eigenvalue weighted by Gasteiger charge is -2.04. The SMILES string of the molecule is Cc1nc2c3c(ccc2c(=O)[nH]1)OC(F)(F)O3. The van der Waals surface area contributed by atoms with E-state index >= 15 is 0 Å². The van der Waals surface area contributed by atoms with E-state index in [9.17, 15) is 13.6 Å². The van der Waals surface area contributed by atoms with Crippen molar-refractivity contribution < 1.29 is 18.3 Å². The fourth-order valence-corrected chi connectivity index (χ4v) is 1.72. The van der Waals surface area contributed by atoms with Crippen molar-refractivity contribution in [2.24, 2.45) is 0 Å². The molecule has 0 spiro atoms. The second-order valence-corrected chi connectivity index (χ2v) is 3.61. The maximum absolute atomic E-state index is 12.9. The summed E-state index contributed by atoms with van der Waals surface area (Å²) < 4.78 is 34.4. The minimum absolute atomic E-state index is 0.0703. The zero-order valence-corrected chi connectivity index (χ0v) is 8.58. The van der Waals surface area contributed by atoms with Crippen molar-refractivity contribution in [1.29, 1.82) is 0 Å². The van der Waals surface area contributed by atoms with Crippen LogP contribution in [0.4, 0.5) is 8.78 Å². The lowest BCUT2D eigenvalue weighted by atomic mass is 10.2. The third-order valence-electron chi connectivity index (χ3n) is 2.36. The normalized spacial score (nSPS) is 16.4. The van der Waals surface area contributed by atoms with Gasteiger partial charge in [-0.05, 0) is 19.1 Å². The van der Waals surface area contributed by atoms with Crippen LogP contribution in [0.15, 0.2) is 16.9 Å². The standard InChI is InChI=1S/C10H6F2N2O3/c1-4-13-7-5(9(15)14-4)2-3-6-8(7)17-10(11,12)16-6/h2-3H,1H3,(H,13,14,15). The monoisotopic (exact) mass is 240 g/mol. The van der Waals surface area contributed by atoms with E-state index in [2.05, 4.69) is 19.4 Å². The van der Waals surface area contributed by atoms with Crippen molar-refractivity contribution in [3.05, 3.63) is 28.3 Å². The molecule has 5 nitrogen and oxygen atoms in total. The van der Waals surface area contributed by atoms with Gasteiger partial charge in [-0.3, -0.25) is 4.79 Å². The van der Waals surface area contributed by atoms with Gasteiger partial charge in [-0.15, -0.1) is 8.78 Å². The fourth-order valence-electron chi connectivity index (χ4n) is 1.72. The molecule has 1 aliphatic rings. The molecule has 0 fully saturated rings. The third kappa shape index (κ3) is 1.42. The molecule has 0 amide bonds. The Morgan fingerprint density at radius 2 is 2.12 bits per heavy atom. The molecule has 7 heteroatoms. The maximum atomic E-state index is 12.9. The van der Waals surface area contributed by atoms with E-state index in [0.717, 1.165) is 0 Å². The summed E-state index contributed by atoms with van der Waals surface area (Å²) in [4.78, 5) is 18.0. The largest absolute Gasteiger partial charge is 0.586 e. The highest BCUT2D eigenvalue weighted by atomic mass is 19.3. The number of alkyl halides is 2. The molecule has 88 valence electrons. The van der Waals surface area contributed by atoms with Crippen molar-refractivity contribution in [1.82, 2.24) is 9.97 Å². The summed E-state index contributed by atoms with van der Waals surface area (Å²) in [5.74, 6) is -0.0172. The van der Waals surface area contributed by atoms with E-state index in [1.807, 2.05) is 0 Å². The first-order valence-electron chi connectivity index (χ1n) is 4.76. The number of benzene rings is 1. The second-order valence-electron chi connectivity index (χ2n) is 3.61. The molecule has 2 aromatic rings. The van der Waals surface area contributed by atoms with Gasteiger partial charge in [0.05, 0.1) is 5.39 Å². The van der Waals surface area contributed by atoms with Crippen LogP contribution in [0.3, 0.4) is 0 Å². The maximum Gasteiger partial charge on any atom is 0.586 e. The molecule has 0 aliphatic carbocycles. The van der Waals surface area contributed by atoms with Gasteiger partial charge in [0.1, 0.15) is 11.3 Å². The highest BCUT2D eigenvalue weighted by Gasteiger charge is 2.44. The first-order chi connectivity index (χ1) is 7.96. The van der Waals surface area contributed by atoms with E-state index in [1.54, 1.807) is 6.92 Å². The van der Waals surface area contributed by atoms with Crippen LogP contribution in [-0.2, 0) is 0 Å². The summed E-state index contributed by atoms with van der Waals surface area (Å²) >= 11 is 0. The molecule has 1 aliphatic heterocycles. The molecule has 0 unspecified atom stereocenters. The highest BCUT2D eigenvalue weighted by molar-refractivity contribution is 5.86. The second kappa shape index (κ2) is 2.93. The molecule has 1 N–H and O–H groups in total. The lowest BCUT2D eigenvalue weighted by Crippen LogP contribution is -2.26. The minimum atomic E-state index is -3.71. The van der Waals surface area contributed by atoms with E-state index in [1.165, 1.54) is 12.1 Å². The summed E-state index contributed by atoms with van der Waals surface area (Å²) in [6.45, 7) is 1.55. The molecule has 1 aromatic carbocycles. The molecular formula is C10H6F2N2O3. The Kier molecular flexibility index (Phi) is 1.73. The number of hydrogen-bond acceptors (Lipinski definition) is 4. The average molecular weight is 240 g/mol. The van der Waals surface area contributed by atoms with Crippen molar-refractivity contribution in [3.63, 3.8) is 0 Å². The molecule has 3 rings (SSSR count). The van der Waals surface area contributed by atoms with Crippen LogP contribution in [0.1, 0.15) is 5.82 Å². The quantitative estimate of drug-likeness (QED) is 0.758. The van der Waals surface area contributed by atoms with Crippen LogP contribution in [-0.4, -0.2) is 16.3 Å². The summed E-state index contributed by atoms with van der Waals surface area (Å²) in [6, 6.07) is 2.62. The first-order valence-corrected chi connectivity index (χ1v) is 4.76. The molecule has 17 heavy (non-hydrogen) atoms. The Morgan fingerprint density at radius 3 is 2.88 bits per heavy atom. The van der Waals surface area contributed by atoms with Gasteiger partial charge in [0.2, 0.25) is 0 Å². The Balaban J connectivity index is 2.38. The van der Waals surface area contributed by atoms with Crippen molar-refractivity contribution >= 4 is 10.9 Å². The number of aromatic amines is 1. The average Bonchev–Trinajstić information content (AvgIpc) is 2.52. The number of ether oxygens (including phenoxy) is 2. The fraction of sp³-hybridized carbons (Fsp3) is 0.200. The van der Waals surface area contributed by atoms with Gasteiger partial charge < -0.3 is 14.5 Å². The van der Waals surface area contributed by atoms with Gasteiger partial charge >= 0.3 is 6.29 Å². The molecule has 0 saturated carbocycles. The van der Waals surface area contributed by atoms with Gasteiger partial charge in [-0.25, -0.2) is 4.98 Å². The number of hydrogen-bond donors (Lipinski definition) is 1. The Bertz CT molecular complexity index is 681. The smallest absolute Gasteiger partial charge is 0.395 e. The van der Waals surface area contributed by atoms with Gasteiger partial charge in [0.25, 0.3) is 5.56 Å². The molecule has 0 saturated heterocycles. The predicted octanol–water partition coefficient (Wildman–Crippen LogP) is 1.55. The Hall–Kier alpha value is -2.18. The molecule has 0 radical (unpaired) electrons. The number of nitrogens with one attached hydrogen (secondary N) is 1. The number of fused-ring (bicyclic) bond motifs is 3. The number of rotatable bonds is 0. The van der Waals surface area contributed by atoms with Gasteiger partial charge in [0, 0.05) is 0 Å². The zero-order valence-electron chi connectivity index (χ0n) is 8.58. The molecule has 0 atom stereocenters. The van der Waals surface area contributed by atoms with Crippen LogP contribution in [0.25, 0.3) is 10.9 Å². The van der Waals surface area contributed by atoms with Crippen LogP contribution in [0.2, 0.25) is 0 Å². The summed E-state index contributed by atoms with van der Waals surface area (Å²) in [6.07, 6.45) is -3.71. The molecule has 2 heterocycles. The summed E-state index contributed by atoms with van der Waals surface area (Å²) in [5, 5.41) is 0.177. The lowest BCUT2D eigenvalue weighted by molar-refractivity contribution is -0.286. The van der Waals surface area contributed by atoms with Crippen LogP contribution in [0.5, 0.6) is 11.5 Å². The Morgan fingerprint density at radius 1 is 1.35 bits per heavy atom. The number of H-pyrrole nitrogens is 1. The number of aromatic nitrogens is 2. The van der Waals surface area contributed by atoms with Crippen molar-refractivity contribution in [2.75, 3.05) is 0 Å². The molecular weight excluding hydrogens is 234 g/mol. The van der Waals surface area contributed by atoms with E-state index in [4.69, 9.17) is 0 Å². The predicted molar refractivity (Wildman–Crippen MR) is 53.3 cm³/mol. The number of halogens is 2. The van der Waals surface area contributed by atoms with Crippen LogP contribution in [0, 0.1) is 6.92 Å². The van der Waals surface area contributed by atoms with Crippen LogP contribution >= 0.6 is 0 Å². The van der Waals surface area contributed by atoms with Gasteiger partial charge in [-0.2, -0.15) is 0 Å². The third-order valence-corrected chi connectivity index (χ3v) is 2.36. The van der Waals surface area contributed by atoms with Crippen molar-refractivity contribution in [3.8, 4) is 11.5 Å². The molecule has 0 bridgehead atoms.